The fourth-order valence-corrected chi connectivity index (χ4v) is 4.18. The van der Waals surface area contributed by atoms with Crippen LogP contribution in [-0.2, 0) is 0 Å². The molecular formula is C26H18N3S. The van der Waals surface area contributed by atoms with Crippen molar-refractivity contribution < 1.29 is 0 Å². The van der Waals surface area contributed by atoms with Crippen LogP contribution >= 0.6 is 11.3 Å². The fourth-order valence-electron chi connectivity index (χ4n) is 3.38. The van der Waals surface area contributed by atoms with E-state index < -0.39 is 0 Å². The van der Waals surface area contributed by atoms with E-state index in [0.717, 1.165) is 32.4 Å². The van der Waals surface area contributed by atoms with E-state index >= 15 is 0 Å². The van der Waals surface area contributed by atoms with Crippen LogP contribution in [-0.4, -0.2) is 14.4 Å². The van der Waals surface area contributed by atoms with E-state index in [1.165, 1.54) is 5.56 Å². The van der Waals surface area contributed by atoms with E-state index in [2.05, 4.69) is 60.3 Å². The van der Waals surface area contributed by atoms with E-state index in [0.29, 0.717) is 0 Å². The van der Waals surface area contributed by atoms with Gasteiger partial charge in [0.1, 0.15) is 11.9 Å². The highest BCUT2D eigenvalue weighted by Crippen LogP contribution is 2.30. The molecular weight excluding hydrogens is 386 g/mol. The zero-order valence-corrected chi connectivity index (χ0v) is 17.2. The van der Waals surface area contributed by atoms with Gasteiger partial charge in [-0.15, -0.1) is 11.3 Å². The van der Waals surface area contributed by atoms with Crippen molar-refractivity contribution in [3.05, 3.63) is 113 Å². The van der Waals surface area contributed by atoms with Crippen LogP contribution in [0.1, 0.15) is 34.5 Å². The molecule has 143 valence electrons. The minimum atomic E-state index is 0.147. The number of hydrogen-bond acceptors (Lipinski definition) is 3. The van der Waals surface area contributed by atoms with Gasteiger partial charge in [0.2, 0.25) is 0 Å². The lowest BCUT2D eigenvalue weighted by molar-refractivity contribution is 0.862. The van der Waals surface area contributed by atoms with Crippen LogP contribution < -0.4 is 0 Å². The summed E-state index contributed by atoms with van der Waals surface area (Å²) in [5.41, 5.74) is 4.85. The zero-order valence-electron chi connectivity index (χ0n) is 16.4. The second-order valence-corrected chi connectivity index (χ2v) is 8.07. The van der Waals surface area contributed by atoms with Gasteiger partial charge < -0.3 is 0 Å². The number of aromatic nitrogens is 3. The van der Waals surface area contributed by atoms with Gasteiger partial charge in [-0.05, 0) is 29.8 Å². The van der Waals surface area contributed by atoms with Crippen molar-refractivity contribution in [2.45, 2.75) is 12.8 Å². The number of imidazole rings is 1. The molecule has 30 heavy (non-hydrogen) atoms. The van der Waals surface area contributed by atoms with Gasteiger partial charge in [-0.2, -0.15) is 0 Å². The molecule has 0 amide bonds. The highest BCUT2D eigenvalue weighted by Gasteiger charge is 2.17. The molecule has 2 aromatic carbocycles. The maximum Gasteiger partial charge on any atom is 0.160 e. The molecule has 0 fully saturated rings. The Bertz CT molecular complexity index is 1360. The summed E-state index contributed by atoms with van der Waals surface area (Å²) in [6.45, 7) is 2.16. The van der Waals surface area contributed by atoms with Gasteiger partial charge >= 0.3 is 0 Å². The normalized spacial score (nSPS) is 11.8. The maximum atomic E-state index is 4.87. The highest BCUT2D eigenvalue weighted by atomic mass is 32.1. The molecule has 0 aliphatic carbocycles. The summed E-state index contributed by atoms with van der Waals surface area (Å²) in [6.07, 6.45) is 7.09. The van der Waals surface area contributed by atoms with Gasteiger partial charge in [-0.25, -0.2) is 4.98 Å². The third-order valence-corrected chi connectivity index (χ3v) is 5.99. The summed E-state index contributed by atoms with van der Waals surface area (Å²) in [5.74, 6) is 6.60. The summed E-state index contributed by atoms with van der Waals surface area (Å²) < 4.78 is 1.94. The van der Waals surface area contributed by atoms with Gasteiger partial charge in [-0.1, -0.05) is 67.3 Å². The SMILES string of the molecule is CC(c1ccccc1)c1nccn2[c]c(-c3ccc(C#Cc4ccccc4)s3)nc12. The van der Waals surface area contributed by atoms with E-state index in [1.807, 2.05) is 59.3 Å². The molecule has 3 heterocycles. The Morgan fingerprint density at radius 2 is 1.70 bits per heavy atom. The lowest BCUT2D eigenvalue weighted by atomic mass is 9.98. The predicted octanol–water partition coefficient (Wildman–Crippen LogP) is 5.81. The molecule has 5 rings (SSSR count). The van der Waals surface area contributed by atoms with Crippen LogP contribution in [0.3, 0.4) is 0 Å². The molecule has 4 heteroatoms. The Morgan fingerprint density at radius 1 is 0.933 bits per heavy atom. The van der Waals surface area contributed by atoms with Gasteiger partial charge in [0.25, 0.3) is 0 Å². The number of benzene rings is 2. The average molecular weight is 405 g/mol. The molecule has 3 nitrogen and oxygen atoms in total. The maximum absolute atomic E-state index is 4.87. The Balaban J connectivity index is 1.48. The molecule has 0 N–H and O–H groups in total. The first-order chi connectivity index (χ1) is 14.8. The first kappa shape index (κ1) is 18.4. The van der Waals surface area contributed by atoms with Crippen molar-refractivity contribution >= 4 is 17.0 Å². The van der Waals surface area contributed by atoms with E-state index in [-0.39, 0.29) is 5.92 Å². The Hall–Kier alpha value is -3.68. The summed E-state index contributed by atoms with van der Waals surface area (Å²) in [7, 11) is 0. The fraction of sp³-hybridized carbons (Fsp3) is 0.0769. The van der Waals surface area contributed by atoms with Crippen LogP contribution in [0, 0.1) is 18.0 Å². The molecule has 0 aliphatic heterocycles. The smallest absolute Gasteiger partial charge is 0.160 e. The largest absolute Gasteiger partial charge is 0.294 e. The molecule has 3 aromatic heterocycles. The first-order valence-electron chi connectivity index (χ1n) is 9.76. The molecule has 1 atom stereocenters. The van der Waals surface area contributed by atoms with Crippen LogP contribution in [0.5, 0.6) is 0 Å². The minimum Gasteiger partial charge on any atom is -0.294 e. The van der Waals surface area contributed by atoms with Crippen molar-refractivity contribution in [2.24, 2.45) is 0 Å². The predicted molar refractivity (Wildman–Crippen MR) is 122 cm³/mol. The molecule has 1 radical (unpaired) electrons. The molecule has 0 aliphatic rings. The topological polar surface area (TPSA) is 30.2 Å². The van der Waals surface area contributed by atoms with E-state index in [9.17, 15) is 0 Å². The standard InChI is InChI=1S/C26H18N3S/c1-19(21-10-6-3-7-11-21)25-26-28-23(18-29(26)17-16-27-25)24-15-14-22(30-24)13-12-20-8-4-2-5-9-20/h2-11,14-17,19H,1H3. The van der Waals surface area contributed by atoms with Crippen LogP contribution in [0.25, 0.3) is 16.2 Å². The summed E-state index contributed by atoms with van der Waals surface area (Å²) in [5, 5.41) is 0. The zero-order chi connectivity index (χ0) is 20.3. The first-order valence-corrected chi connectivity index (χ1v) is 10.6. The third-order valence-electron chi connectivity index (χ3n) is 4.98. The number of hydrogen-bond donors (Lipinski definition) is 0. The second-order valence-electron chi connectivity index (χ2n) is 6.99. The minimum absolute atomic E-state index is 0.147. The van der Waals surface area contributed by atoms with E-state index in [4.69, 9.17) is 4.98 Å². The molecule has 0 saturated heterocycles. The highest BCUT2D eigenvalue weighted by molar-refractivity contribution is 7.16. The molecule has 5 aromatic rings. The molecule has 1 unspecified atom stereocenters. The Labute approximate surface area is 179 Å². The van der Waals surface area contributed by atoms with E-state index in [1.54, 1.807) is 11.3 Å². The van der Waals surface area contributed by atoms with Crippen molar-refractivity contribution in [3.8, 4) is 22.4 Å². The molecule has 0 spiro atoms. The van der Waals surface area contributed by atoms with Crippen LogP contribution in [0.15, 0.2) is 85.2 Å². The van der Waals surface area contributed by atoms with Crippen LogP contribution in [0.4, 0.5) is 0 Å². The Kier molecular flexibility index (Phi) is 4.88. The summed E-state index contributed by atoms with van der Waals surface area (Å²) in [4.78, 5) is 11.6. The molecule has 0 saturated carbocycles. The quantitative estimate of drug-likeness (QED) is 0.355. The number of fused-ring (bicyclic) bond motifs is 1. The summed E-state index contributed by atoms with van der Waals surface area (Å²) in [6, 6.07) is 24.5. The lowest BCUT2D eigenvalue weighted by Gasteiger charge is -2.11. The van der Waals surface area contributed by atoms with Gasteiger partial charge in [0.05, 0.1) is 15.4 Å². The van der Waals surface area contributed by atoms with Crippen molar-refractivity contribution in [1.82, 2.24) is 14.4 Å². The van der Waals surface area contributed by atoms with Crippen molar-refractivity contribution in [1.29, 1.82) is 0 Å². The van der Waals surface area contributed by atoms with Crippen molar-refractivity contribution in [2.75, 3.05) is 0 Å². The van der Waals surface area contributed by atoms with Gasteiger partial charge in [0.15, 0.2) is 5.65 Å². The monoisotopic (exact) mass is 404 g/mol. The number of thiophene rings is 1. The average Bonchev–Trinajstić information content (AvgIpc) is 3.45. The number of nitrogens with zero attached hydrogens (tertiary/aromatic N) is 3. The van der Waals surface area contributed by atoms with Gasteiger partial charge in [0, 0.05) is 23.9 Å². The second kappa shape index (κ2) is 7.98. The third kappa shape index (κ3) is 3.63. The van der Waals surface area contributed by atoms with Gasteiger partial charge in [-0.3, -0.25) is 9.38 Å². The van der Waals surface area contributed by atoms with Crippen LogP contribution in [0.2, 0.25) is 0 Å². The molecule has 0 bridgehead atoms. The van der Waals surface area contributed by atoms with Crippen molar-refractivity contribution in [3.63, 3.8) is 0 Å². The summed E-state index contributed by atoms with van der Waals surface area (Å²) >= 11 is 1.63. The number of rotatable bonds is 3. The Morgan fingerprint density at radius 3 is 2.50 bits per heavy atom. The lowest BCUT2D eigenvalue weighted by Crippen LogP contribution is -2.02.